The first kappa shape index (κ1) is 16.1. The summed E-state index contributed by atoms with van der Waals surface area (Å²) >= 11 is 0. The van der Waals surface area contributed by atoms with Gasteiger partial charge in [-0.2, -0.15) is 15.8 Å². The number of ketones is 1. The standard InChI is InChI=1S/C18H16N4O2/c19-8-17(9-20)5-13(7-23)16(22)18(17,10-21)6-15(24)14-4-11-1-2-12(14)3-11/h1-2,7,11-14,22H,3-6H2/t11-,12-,13?,14-,18-/m0/s1. The normalized spacial score (nSPS) is 38.3. The highest BCUT2D eigenvalue weighted by Gasteiger charge is 2.65. The molecule has 0 aliphatic heterocycles. The summed E-state index contributed by atoms with van der Waals surface area (Å²) in [5, 5.41) is 37.0. The van der Waals surface area contributed by atoms with E-state index >= 15 is 0 Å². The summed E-state index contributed by atoms with van der Waals surface area (Å²) in [6, 6.07) is 5.60. The second kappa shape index (κ2) is 5.39. The molecule has 5 atom stereocenters. The van der Waals surface area contributed by atoms with E-state index in [1.165, 1.54) is 0 Å². The minimum atomic E-state index is -1.83. The number of hydrogen-bond acceptors (Lipinski definition) is 6. The molecule has 1 unspecified atom stereocenters. The predicted octanol–water partition coefficient (Wildman–Crippen LogP) is 1.94. The summed E-state index contributed by atoms with van der Waals surface area (Å²) in [5.74, 6) is -0.835. The first-order chi connectivity index (χ1) is 11.5. The van der Waals surface area contributed by atoms with Gasteiger partial charge in [0.25, 0.3) is 0 Å². The van der Waals surface area contributed by atoms with E-state index in [1.807, 2.05) is 24.3 Å². The molecular formula is C18H16N4O2. The molecule has 2 fully saturated rings. The highest BCUT2D eigenvalue weighted by atomic mass is 16.1. The zero-order valence-corrected chi connectivity index (χ0v) is 13.0. The van der Waals surface area contributed by atoms with Crippen LogP contribution in [0.25, 0.3) is 0 Å². The van der Waals surface area contributed by atoms with Gasteiger partial charge in [0.1, 0.15) is 17.5 Å². The molecule has 0 spiro atoms. The fourth-order valence-corrected chi connectivity index (χ4v) is 4.56. The Morgan fingerprint density at radius 1 is 1.25 bits per heavy atom. The number of carbonyl (C=O) groups excluding carboxylic acids is 2. The lowest BCUT2D eigenvalue weighted by molar-refractivity contribution is -0.125. The molecule has 3 rings (SSSR count). The summed E-state index contributed by atoms with van der Waals surface area (Å²) < 4.78 is 0. The van der Waals surface area contributed by atoms with Crippen molar-refractivity contribution in [2.75, 3.05) is 0 Å². The lowest BCUT2D eigenvalue weighted by Gasteiger charge is -2.31. The lowest BCUT2D eigenvalue weighted by atomic mass is 9.63. The van der Waals surface area contributed by atoms with Crippen LogP contribution in [0, 0.1) is 73.9 Å². The van der Waals surface area contributed by atoms with Crippen molar-refractivity contribution in [2.24, 2.45) is 34.5 Å². The molecule has 0 aromatic carbocycles. The quantitative estimate of drug-likeness (QED) is 0.625. The summed E-state index contributed by atoms with van der Waals surface area (Å²) in [4.78, 5) is 24.1. The molecule has 0 saturated heterocycles. The molecule has 120 valence electrons. The molecule has 0 amide bonds. The van der Waals surface area contributed by atoms with Gasteiger partial charge in [-0.3, -0.25) is 4.79 Å². The molecule has 24 heavy (non-hydrogen) atoms. The number of nitriles is 3. The van der Waals surface area contributed by atoms with Gasteiger partial charge in [0.05, 0.1) is 24.1 Å². The highest BCUT2D eigenvalue weighted by Crippen LogP contribution is 2.55. The maximum atomic E-state index is 12.8. The number of nitrogens with zero attached hydrogens (tertiary/aromatic N) is 3. The zero-order valence-electron chi connectivity index (χ0n) is 13.0. The number of aldehydes is 1. The lowest BCUT2D eigenvalue weighted by Crippen LogP contribution is -2.42. The van der Waals surface area contributed by atoms with E-state index in [1.54, 1.807) is 0 Å². The molecule has 0 aromatic rings. The Kier molecular flexibility index (Phi) is 3.61. The van der Waals surface area contributed by atoms with E-state index in [4.69, 9.17) is 5.41 Å². The van der Waals surface area contributed by atoms with Crippen molar-refractivity contribution in [3.05, 3.63) is 12.2 Å². The fraction of sp³-hybridized carbons (Fsp3) is 0.556. The smallest absolute Gasteiger partial charge is 0.169 e. The zero-order chi connectivity index (χ0) is 17.5. The van der Waals surface area contributed by atoms with Crippen LogP contribution < -0.4 is 0 Å². The highest BCUT2D eigenvalue weighted by molar-refractivity contribution is 6.07. The molecule has 0 aromatic heterocycles. The van der Waals surface area contributed by atoms with Gasteiger partial charge >= 0.3 is 0 Å². The predicted molar refractivity (Wildman–Crippen MR) is 82.1 cm³/mol. The van der Waals surface area contributed by atoms with Crippen LogP contribution in [0.1, 0.15) is 25.7 Å². The molecule has 2 bridgehead atoms. The first-order valence-electron chi connectivity index (χ1n) is 7.96. The van der Waals surface area contributed by atoms with Crippen LogP contribution in [0.2, 0.25) is 0 Å². The molecule has 6 heteroatoms. The molecule has 6 nitrogen and oxygen atoms in total. The Labute approximate surface area is 139 Å². The van der Waals surface area contributed by atoms with E-state index in [0.717, 1.165) is 12.8 Å². The number of Topliss-reactive ketones (excluding diaryl/α,β-unsaturated/α-hetero) is 1. The monoisotopic (exact) mass is 320 g/mol. The minimum absolute atomic E-state index is 0.147. The Morgan fingerprint density at radius 2 is 1.96 bits per heavy atom. The van der Waals surface area contributed by atoms with Crippen molar-refractivity contribution < 1.29 is 9.59 Å². The Bertz CT molecular complexity index is 764. The van der Waals surface area contributed by atoms with Crippen molar-refractivity contribution in [2.45, 2.75) is 25.7 Å². The average molecular weight is 320 g/mol. The van der Waals surface area contributed by atoms with Gasteiger partial charge in [0, 0.05) is 18.1 Å². The summed E-state index contributed by atoms with van der Waals surface area (Å²) in [6.45, 7) is 0. The summed E-state index contributed by atoms with van der Waals surface area (Å²) in [5.41, 5.74) is -3.92. The van der Waals surface area contributed by atoms with E-state index in [0.29, 0.717) is 12.2 Å². The maximum absolute atomic E-state index is 12.8. The van der Waals surface area contributed by atoms with E-state index in [9.17, 15) is 25.4 Å². The molecule has 2 saturated carbocycles. The van der Waals surface area contributed by atoms with Gasteiger partial charge in [-0.05, 0) is 31.1 Å². The Morgan fingerprint density at radius 3 is 2.42 bits per heavy atom. The third-order valence-corrected chi connectivity index (χ3v) is 5.95. The molecular weight excluding hydrogens is 304 g/mol. The van der Waals surface area contributed by atoms with Crippen LogP contribution in [0.3, 0.4) is 0 Å². The van der Waals surface area contributed by atoms with Gasteiger partial charge in [0.15, 0.2) is 5.41 Å². The van der Waals surface area contributed by atoms with Crippen LogP contribution in [0.5, 0.6) is 0 Å². The SMILES string of the molecule is N#CC1(C#N)CC(C=O)C(=N)[C@@]1(C#N)CC(=O)[C@H]1C[C@H]2C=C[C@H]1C2. The second-order valence-electron chi connectivity index (χ2n) is 7.04. The molecule has 3 aliphatic carbocycles. The van der Waals surface area contributed by atoms with Crippen LogP contribution in [-0.2, 0) is 9.59 Å². The van der Waals surface area contributed by atoms with Gasteiger partial charge in [-0.25, -0.2) is 0 Å². The molecule has 1 N–H and O–H groups in total. The Balaban J connectivity index is 1.97. The average Bonchev–Trinajstić information content (AvgIpc) is 3.29. The van der Waals surface area contributed by atoms with E-state index < -0.39 is 16.7 Å². The minimum Gasteiger partial charge on any atom is -0.307 e. The first-order valence-corrected chi connectivity index (χ1v) is 7.96. The van der Waals surface area contributed by atoms with Crippen molar-refractivity contribution in [3.63, 3.8) is 0 Å². The van der Waals surface area contributed by atoms with E-state index in [2.05, 4.69) is 6.08 Å². The number of rotatable bonds is 4. The number of hydrogen-bond donors (Lipinski definition) is 1. The van der Waals surface area contributed by atoms with Gasteiger partial charge in [-0.1, -0.05) is 12.2 Å². The number of nitrogens with one attached hydrogen (secondary N) is 1. The van der Waals surface area contributed by atoms with Gasteiger partial charge in [0.2, 0.25) is 0 Å². The van der Waals surface area contributed by atoms with Crippen LogP contribution >= 0.6 is 0 Å². The van der Waals surface area contributed by atoms with Crippen molar-refractivity contribution in [1.82, 2.24) is 0 Å². The summed E-state index contributed by atoms with van der Waals surface area (Å²) in [7, 11) is 0. The van der Waals surface area contributed by atoms with Crippen LogP contribution in [0.15, 0.2) is 12.2 Å². The maximum Gasteiger partial charge on any atom is 0.169 e. The molecule has 3 aliphatic rings. The molecule has 0 heterocycles. The van der Waals surface area contributed by atoms with Crippen LogP contribution in [-0.4, -0.2) is 17.8 Å². The number of fused-ring (bicyclic) bond motifs is 2. The van der Waals surface area contributed by atoms with Gasteiger partial charge < -0.3 is 10.2 Å². The van der Waals surface area contributed by atoms with E-state index in [-0.39, 0.29) is 36.2 Å². The third kappa shape index (κ3) is 1.88. The van der Waals surface area contributed by atoms with Crippen molar-refractivity contribution in [1.29, 1.82) is 21.2 Å². The number of allylic oxidation sites excluding steroid dienone is 2. The Hall–Kier alpha value is -2.78. The topological polar surface area (TPSA) is 129 Å². The summed E-state index contributed by atoms with van der Waals surface area (Å²) in [6.07, 6.45) is 5.73. The van der Waals surface area contributed by atoms with Crippen LogP contribution in [0.4, 0.5) is 0 Å². The largest absolute Gasteiger partial charge is 0.307 e. The second-order valence-corrected chi connectivity index (χ2v) is 7.04. The fourth-order valence-electron chi connectivity index (χ4n) is 4.56. The van der Waals surface area contributed by atoms with Gasteiger partial charge in [-0.15, -0.1) is 0 Å². The van der Waals surface area contributed by atoms with Crippen molar-refractivity contribution in [3.8, 4) is 18.2 Å². The molecule has 0 radical (unpaired) electrons. The third-order valence-electron chi connectivity index (χ3n) is 5.95. The number of carbonyl (C=O) groups is 2. The van der Waals surface area contributed by atoms with Crippen molar-refractivity contribution >= 4 is 17.8 Å².